The molecular formula is C17H22N4. The standard InChI is InChI=1S/C17H22N4/c1-3-15-12-20(13-17(15)18-8-1)11-14-4-6-16(7-5-14)21-10-2-9-19-21/h2,4-7,9-10,15,17-18H,1,3,8,11-13H2/t15-,17+/m0/s1. The van der Waals surface area contributed by atoms with Crippen molar-refractivity contribution in [3.8, 4) is 5.69 Å². The first-order valence-corrected chi connectivity index (χ1v) is 7.93. The summed E-state index contributed by atoms with van der Waals surface area (Å²) in [7, 11) is 0. The maximum Gasteiger partial charge on any atom is 0.0645 e. The van der Waals surface area contributed by atoms with Gasteiger partial charge in [0.2, 0.25) is 0 Å². The van der Waals surface area contributed by atoms with Gasteiger partial charge in [0, 0.05) is 38.1 Å². The molecule has 0 aliphatic carbocycles. The van der Waals surface area contributed by atoms with Crippen LogP contribution in [0.4, 0.5) is 0 Å². The zero-order valence-electron chi connectivity index (χ0n) is 12.3. The third-order valence-electron chi connectivity index (χ3n) is 4.79. The minimum Gasteiger partial charge on any atom is -0.312 e. The third-order valence-corrected chi connectivity index (χ3v) is 4.79. The van der Waals surface area contributed by atoms with Gasteiger partial charge in [-0.25, -0.2) is 4.68 Å². The van der Waals surface area contributed by atoms with Crippen molar-refractivity contribution in [2.24, 2.45) is 5.92 Å². The van der Waals surface area contributed by atoms with Crippen molar-refractivity contribution in [2.45, 2.75) is 25.4 Å². The van der Waals surface area contributed by atoms with E-state index in [-0.39, 0.29) is 0 Å². The Labute approximate surface area is 125 Å². The summed E-state index contributed by atoms with van der Waals surface area (Å²) in [5, 5.41) is 7.94. The van der Waals surface area contributed by atoms with Crippen molar-refractivity contribution in [2.75, 3.05) is 19.6 Å². The van der Waals surface area contributed by atoms with Gasteiger partial charge in [0.25, 0.3) is 0 Å². The number of likely N-dealkylation sites (tertiary alicyclic amines) is 1. The second kappa shape index (κ2) is 5.62. The Bertz CT molecular complexity index is 561. The van der Waals surface area contributed by atoms with Crippen LogP contribution in [-0.4, -0.2) is 40.4 Å². The van der Waals surface area contributed by atoms with E-state index in [2.05, 4.69) is 39.6 Å². The Morgan fingerprint density at radius 1 is 1.19 bits per heavy atom. The van der Waals surface area contributed by atoms with Gasteiger partial charge in [-0.2, -0.15) is 5.10 Å². The second-order valence-electron chi connectivity index (χ2n) is 6.27. The lowest BCUT2D eigenvalue weighted by molar-refractivity contribution is 0.312. The van der Waals surface area contributed by atoms with E-state index in [1.807, 2.05) is 23.1 Å². The molecule has 2 fully saturated rings. The highest BCUT2D eigenvalue weighted by Crippen LogP contribution is 2.26. The largest absolute Gasteiger partial charge is 0.312 e. The van der Waals surface area contributed by atoms with E-state index in [0.29, 0.717) is 0 Å². The van der Waals surface area contributed by atoms with Gasteiger partial charge in [-0.1, -0.05) is 12.1 Å². The van der Waals surface area contributed by atoms with Crippen molar-refractivity contribution in [1.29, 1.82) is 0 Å². The molecule has 1 aromatic carbocycles. The Balaban J connectivity index is 1.41. The number of piperidine rings is 1. The summed E-state index contributed by atoms with van der Waals surface area (Å²) in [6.45, 7) is 4.71. The van der Waals surface area contributed by atoms with Gasteiger partial charge >= 0.3 is 0 Å². The molecule has 1 aromatic heterocycles. The van der Waals surface area contributed by atoms with Crippen molar-refractivity contribution in [3.63, 3.8) is 0 Å². The molecule has 0 bridgehead atoms. The van der Waals surface area contributed by atoms with E-state index in [1.165, 1.54) is 38.0 Å². The van der Waals surface area contributed by atoms with Crippen LogP contribution in [0.1, 0.15) is 18.4 Å². The monoisotopic (exact) mass is 282 g/mol. The van der Waals surface area contributed by atoms with Gasteiger partial charge in [-0.3, -0.25) is 4.90 Å². The van der Waals surface area contributed by atoms with Gasteiger partial charge in [-0.15, -0.1) is 0 Å². The molecule has 110 valence electrons. The van der Waals surface area contributed by atoms with Crippen LogP contribution in [0, 0.1) is 5.92 Å². The molecule has 2 aliphatic heterocycles. The summed E-state index contributed by atoms with van der Waals surface area (Å²) in [5.74, 6) is 0.863. The summed E-state index contributed by atoms with van der Waals surface area (Å²) in [5.41, 5.74) is 2.52. The zero-order chi connectivity index (χ0) is 14.1. The van der Waals surface area contributed by atoms with Crippen LogP contribution in [0.25, 0.3) is 5.69 Å². The van der Waals surface area contributed by atoms with E-state index in [4.69, 9.17) is 0 Å². The summed E-state index contributed by atoms with van der Waals surface area (Å²) in [6.07, 6.45) is 6.53. The van der Waals surface area contributed by atoms with Crippen LogP contribution in [0.5, 0.6) is 0 Å². The van der Waals surface area contributed by atoms with Gasteiger partial charge < -0.3 is 5.32 Å². The maximum atomic E-state index is 4.27. The molecule has 4 nitrogen and oxygen atoms in total. The number of hydrogen-bond donors (Lipinski definition) is 1. The fraction of sp³-hybridized carbons (Fsp3) is 0.471. The van der Waals surface area contributed by atoms with E-state index < -0.39 is 0 Å². The fourth-order valence-electron chi connectivity index (χ4n) is 3.70. The molecule has 4 heteroatoms. The van der Waals surface area contributed by atoms with Crippen molar-refractivity contribution < 1.29 is 0 Å². The number of benzene rings is 1. The Morgan fingerprint density at radius 2 is 2.10 bits per heavy atom. The minimum absolute atomic E-state index is 0.724. The molecule has 0 radical (unpaired) electrons. The second-order valence-corrected chi connectivity index (χ2v) is 6.27. The lowest BCUT2D eigenvalue weighted by Crippen LogP contribution is -2.40. The first kappa shape index (κ1) is 13.0. The minimum atomic E-state index is 0.724. The topological polar surface area (TPSA) is 33.1 Å². The first-order valence-electron chi connectivity index (χ1n) is 7.93. The average Bonchev–Trinajstić information content (AvgIpc) is 3.17. The quantitative estimate of drug-likeness (QED) is 0.935. The number of aromatic nitrogens is 2. The highest BCUT2D eigenvalue weighted by atomic mass is 15.3. The fourth-order valence-corrected chi connectivity index (χ4v) is 3.70. The molecule has 4 rings (SSSR count). The lowest BCUT2D eigenvalue weighted by atomic mass is 9.94. The molecule has 0 amide bonds. The molecular weight excluding hydrogens is 260 g/mol. The predicted octanol–water partition coefficient (Wildman–Crippen LogP) is 2.06. The first-order chi connectivity index (χ1) is 10.4. The van der Waals surface area contributed by atoms with Gasteiger partial charge in [0.05, 0.1) is 5.69 Å². The molecule has 2 aliphatic rings. The molecule has 0 unspecified atom stereocenters. The molecule has 0 spiro atoms. The molecule has 2 saturated heterocycles. The van der Waals surface area contributed by atoms with Crippen LogP contribution >= 0.6 is 0 Å². The molecule has 21 heavy (non-hydrogen) atoms. The summed E-state index contributed by atoms with van der Waals surface area (Å²) in [6, 6.07) is 11.4. The van der Waals surface area contributed by atoms with Gasteiger partial charge in [-0.05, 0) is 49.1 Å². The van der Waals surface area contributed by atoms with Crippen LogP contribution < -0.4 is 5.32 Å². The highest BCUT2D eigenvalue weighted by Gasteiger charge is 2.33. The SMILES string of the molecule is c1cnn(-c2ccc(CN3C[C@@H]4CCCN[C@@H]4C3)cc2)c1. The van der Waals surface area contributed by atoms with Gasteiger partial charge in [0.1, 0.15) is 0 Å². The normalized spacial score (nSPS) is 25.9. The van der Waals surface area contributed by atoms with Crippen LogP contribution in [-0.2, 0) is 6.54 Å². The Kier molecular flexibility index (Phi) is 3.49. The summed E-state index contributed by atoms with van der Waals surface area (Å²) >= 11 is 0. The van der Waals surface area contributed by atoms with Crippen LogP contribution in [0.15, 0.2) is 42.7 Å². The number of hydrogen-bond acceptors (Lipinski definition) is 3. The molecule has 0 saturated carbocycles. The van der Waals surface area contributed by atoms with E-state index in [9.17, 15) is 0 Å². The third kappa shape index (κ3) is 2.74. The average molecular weight is 282 g/mol. The molecule has 3 heterocycles. The molecule has 2 atom stereocenters. The van der Waals surface area contributed by atoms with Crippen molar-refractivity contribution in [3.05, 3.63) is 48.3 Å². The van der Waals surface area contributed by atoms with E-state index in [1.54, 1.807) is 0 Å². The lowest BCUT2D eigenvalue weighted by Gasteiger charge is -2.24. The zero-order valence-corrected chi connectivity index (χ0v) is 12.3. The maximum absolute atomic E-state index is 4.27. The number of nitrogens with one attached hydrogen (secondary N) is 1. The Hall–Kier alpha value is -1.65. The summed E-state index contributed by atoms with van der Waals surface area (Å²) < 4.78 is 1.90. The van der Waals surface area contributed by atoms with Crippen LogP contribution in [0.3, 0.4) is 0 Å². The highest BCUT2D eigenvalue weighted by molar-refractivity contribution is 5.33. The van der Waals surface area contributed by atoms with Gasteiger partial charge in [0.15, 0.2) is 0 Å². The molecule has 2 aromatic rings. The number of rotatable bonds is 3. The van der Waals surface area contributed by atoms with Crippen molar-refractivity contribution >= 4 is 0 Å². The molecule has 1 N–H and O–H groups in total. The predicted molar refractivity (Wildman–Crippen MR) is 83.4 cm³/mol. The van der Waals surface area contributed by atoms with E-state index >= 15 is 0 Å². The number of fused-ring (bicyclic) bond motifs is 1. The van der Waals surface area contributed by atoms with E-state index in [0.717, 1.165) is 24.2 Å². The smallest absolute Gasteiger partial charge is 0.0645 e. The summed E-state index contributed by atoms with van der Waals surface area (Å²) in [4.78, 5) is 2.59. The Morgan fingerprint density at radius 3 is 2.86 bits per heavy atom. The van der Waals surface area contributed by atoms with Crippen LogP contribution in [0.2, 0.25) is 0 Å². The van der Waals surface area contributed by atoms with Crippen molar-refractivity contribution in [1.82, 2.24) is 20.0 Å². The number of nitrogens with zero attached hydrogens (tertiary/aromatic N) is 3.